The molecule has 1 atom stereocenters. The van der Waals surface area contributed by atoms with Crippen LogP contribution >= 0.6 is 0 Å². The van der Waals surface area contributed by atoms with Crippen LogP contribution in [0.4, 0.5) is 0 Å². The molecule has 2 nitrogen and oxygen atoms in total. The first kappa shape index (κ1) is 11.3. The molecule has 1 aromatic rings. The molecule has 0 saturated carbocycles. The summed E-state index contributed by atoms with van der Waals surface area (Å²) in [6.07, 6.45) is 7.92. The fraction of sp³-hybridized carbons (Fsp3) is 0.667. The van der Waals surface area contributed by atoms with Crippen LogP contribution < -0.4 is 5.32 Å². The maximum absolute atomic E-state index is 5.33. The molecule has 0 aliphatic carbocycles. The van der Waals surface area contributed by atoms with Crippen LogP contribution in [0.25, 0.3) is 0 Å². The maximum Gasteiger partial charge on any atom is 0.105 e. The van der Waals surface area contributed by atoms with E-state index in [2.05, 4.69) is 12.2 Å². The van der Waals surface area contributed by atoms with Crippen molar-refractivity contribution in [1.29, 1.82) is 0 Å². The predicted molar refractivity (Wildman–Crippen MR) is 59.4 cm³/mol. The Balaban J connectivity index is 2.24. The lowest BCUT2D eigenvalue weighted by Gasteiger charge is -2.14. The molecule has 0 amide bonds. The zero-order valence-corrected chi connectivity index (χ0v) is 9.25. The van der Waals surface area contributed by atoms with Crippen molar-refractivity contribution in [1.82, 2.24) is 5.32 Å². The zero-order valence-electron chi connectivity index (χ0n) is 9.25. The summed E-state index contributed by atoms with van der Waals surface area (Å²) in [5, 5.41) is 3.34. The van der Waals surface area contributed by atoms with Crippen molar-refractivity contribution in [3.8, 4) is 0 Å². The van der Waals surface area contributed by atoms with Crippen LogP contribution in [-0.4, -0.2) is 13.1 Å². The van der Waals surface area contributed by atoms with Gasteiger partial charge in [-0.1, -0.05) is 26.2 Å². The van der Waals surface area contributed by atoms with Crippen LogP contribution in [0.2, 0.25) is 0 Å². The minimum Gasteiger partial charge on any atom is -0.469 e. The molecule has 0 bridgehead atoms. The Bertz CT molecular complexity index is 218. The van der Waals surface area contributed by atoms with Crippen molar-refractivity contribution in [2.75, 3.05) is 7.05 Å². The second-order valence-corrected chi connectivity index (χ2v) is 3.76. The molecule has 0 aliphatic rings. The minimum atomic E-state index is 0.563. The summed E-state index contributed by atoms with van der Waals surface area (Å²) in [7, 11) is 2.03. The molecule has 80 valence electrons. The Hall–Kier alpha value is -0.760. The van der Waals surface area contributed by atoms with Crippen LogP contribution in [0.5, 0.6) is 0 Å². The van der Waals surface area contributed by atoms with E-state index in [-0.39, 0.29) is 0 Å². The van der Waals surface area contributed by atoms with Gasteiger partial charge in [-0.25, -0.2) is 0 Å². The normalized spacial score (nSPS) is 13.0. The number of hydrogen-bond acceptors (Lipinski definition) is 2. The van der Waals surface area contributed by atoms with Crippen molar-refractivity contribution in [3.05, 3.63) is 24.2 Å². The van der Waals surface area contributed by atoms with E-state index in [4.69, 9.17) is 4.42 Å². The van der Waals surface area contributed by atoms with Crippen LogP contribution in [0.1, 0.15) is 38.4 Å². The Labute approximate surface area is 86.7 Å². The van der Waals surface area contributed by atoms with Crippen molar-refractivity contribution in [2.24, 2.45) is 0 Å². The van der Waals surface area contributed by atoms with E-state index >= 15 is 0 Å². The number of rotatable bonds is 7. The second kappa shape index (κ2) is 6.66. The summed E-state index contributed by atoms with van der Waals surface area (Å²) in [6, 6.07) is 4.56. The van der Waals surface area contributed by atoms with Crippen LogP contribution in [0.15, 0.2) is 22.8 Å². The Morgan fingerprint density at radius 2 is 2.29 bits per heavy atom. The summed E-state index contributed by atoms with van der Waals surface area (Å²) >= 11 is 0. The molecule has 1 unspecified atom stereocenters. The fourth-order valence-corrected chi connectivity index (χ4v) is 1.66. The lowest BCUT2D eigenvalue weighted by molar-refractivity contribution is 0.432. The highest BCUT2D eigenvalue weighted by Gasteiger charge is 2.07. The molecule has 1 heterocycles. The van der Waals surface area contributed by atoms with Crippen molar-refractivity contribution >= 4 is 0 Å². The lowest BCUT2D eigenvalue weighted by atomic mass is 10.0. The van der Waals surface area contributed by atoms with Gasteiger partial charge in [0.15, 0.2) is 0 Å². The topological polar surface area (TPSA) is 25.2 Å². The first-order valence-corrected chi connectivity index (χ1v) is 5.56. The molecular weight excluding hydrogens is 174 g/mol. The summed E-state index contributed by atoms with van der Waals surface area (Å²) in [6.45, 7) is 2.24. The summed E-state index contributed by atoms with van der Waals surface area (Å²) in [5.41, 5.74) is 0. The van der Waals surface area contributed by atoms with Gasteiger partial charge in [-0.2, -0.15) is 0 Å². The quantitative estimate of drug-likeness (QED) is 0.677. The third-order valence-electron chi connectivity index (χ3n) is 2.59. The van der Waals surface area contributed by atoms with E-state index in [1.54, 1.807) is 6.26 Å². The molecule has 1 rings (SSSR count). The number of nitrogens with one attached hydrogen (secondary N) is 1. The minimum absolute atomic E-state index is 0.563. The van der Waals surface area contributed by atoms with Gasteiger partial charge >= 0.3 is 0 Å². The monoisotopic (exact) mass is 195 g/mol. The van der Waals surface area contributed by atoms with E-state index in [0.717, 1.165) is 12.2 Å². The van der Waals surface area contributed by atoms with Crippen LogP contribution in [-0.2, 0) is 6.42 Å². The Morgan fingerprint density at radius 1 is 1.43 bits per heavy atom. The molecule has 0 aromatic carbocycles. The molecule has 2 heteroatoms. The SMILES string of the molecule is CCCCCC(Cc1ccco1)NC. The highest BCUT2D eigenvalue weighted by atomic mass is 16.3. The van der Waals surface area contributed by atoms with Crippen molar-refractivity contribution in [2.45, 2.75) is 45.1 Å². The highest BCUT2D eigenvalue weighted by molar-refractivity contribution is 5.00. The smallest absolute Gasteiger partial charge is 0.105 e. The Kier molecular flexibility index (Phi) is 5.38. The zero-order chi connectivity index (χ0) is 10.2. The van der Waals surface area contributed by atoms with Gasteiger partial charge in [-0.3, -0.25) is 0 Å². The molecule has 1 N–H and O–H groups in total. The molecule has 0 aliphatic heterocycles. The standard InChI is InChI=1S/C12H21NO/c1-3-4-5-7-11(13-2)10-12-8-6-9-14-12/h6,8-9,11,13H,3-5,7,10H2,1-2H3. The van der Waals surface area contributed by atoms with Gasteiger partial charge in [0.25, 0.3) is 0 Å². The van der Waals surface area contributed by atoms with Gasteiger partial charge in [0.1, 0.15) is 5.76 Å². The molecule has 0 saturated heterocycles. The Morgan fingerprint density at radius 3 is 2.86 bits per heavy atom. The average molecular weight is 195 g/mol. The number of furan rings is 1. The third-order valence-corrected chi connectivity index (χ3v) is 2.59. The molecule has 0 fully saturated rings. The first-order valence-electron chi connectivity index (χ1n) is 5.56. The van der Waals surface area contributed by atoms with Crippen molar-refractivity contribution < 1.29 is 4.42 Å². The van der Waals surface area contributed by atoms with Gasteiger partial charge < -0.3 is 9.73 Å². The number of likely N-dealkylation sites (N-methyl/N-ethyl adjacent to an activating group) is 1. The third kappa shape index (κ3) is 3.97. The van der Waals surface area contributed by atoms with E-state index in [1.165, 1.54) is 25.7 Å². The van der Waals surface area contributed by atoms with E-state index in [9.17, 15) is 0 Å². The largest absolute Gasteiger partial charge is 0.469 e. The van der Waals surface area contributed by atoms with E-state index < -0.39 is 0 Å². The molecular formula is C12H21NO. The fourth-order valence-electron chi connectivity index (χ4n) is 1.66. The van der Waals surface area contributed by atoms with Gasteiger partial charge in [0.05, 0.1) is 6.26 Å². The second-order valence-electron chi connectivity index (χ2n) is 3.76. The maximum atomic E-state index is 5.33. The number of unbranched alkanes of at least 4 members (excludes halogenated alkanes) is 2. The number of hydrogen-bond donors (Lipinski definition) is 1. The predicted octanol–water partition coefficient (Wildman–Crippen LogP) is 2.99. The molecule has 0 spiro atoms. The van der Waals surface area contributed by atoms with Gasteiger partial charge in [0.2, 0.25) is 0 Å². The van der Waals surface area contributed by atoms with E-state index in [0.29, 0.717) is 6.04 Å². The van der Waals surface area contributed by atoms with E-state index in [1.807, 2.05) is 19.2 Å². The highest BCUT2D eigenvalue weighted by Crippen LogP contribution is 2.09. The lowest BCUT2D eigenvalue weighted by Crippen LogP contribution is -2.27. The van der Waals surface area contributed by atoms with Gasteiger partial charge in [-0.05, 0) is 25.6 Å². The molecule has 0 radical (unpaired) electrons. The van der Waals surface area contributed by atoms with Gasteiger partial charge in [-0.15, -0.1) is 0 Å². The summed E-state index contributed by atoms with van der Waals surface area (Å²) in [4.78, 5) is 0. The molecule has 14 heavy (non-hydrogen) atoms. The summed E-state index contributed by atoms with van der Waals surface area (Å²) in [5.74, 6) is 1.08. The first-order chi connectivity index (χ1) is 6.86. The van der Waals surface area contributed by atoms with Gasteiger partial charge in [0, 0.05) is 12.5 Å². The average Bonchev–Trinajstić information content (AvgIpc) is 2.69. The molecule has 1 aromatic heterocycles. The van der Waals surface area contributed by atoms with Crippen LogP contribution in [0.3, 0.4) is 0 Å². The van der Waals surface area contributed by atoms with Crippen molar-refractivity contribution in [3.63, 3.8) is 0 Å². The van der Waals surface area contributed by atoms with Crippen LogP contribution in [0, 0.1) is 0 Å². The summed E-state index contributed by atoms with van der Waals surface area (Å²) < 4.78 is 5.33.